The van der Waals surface area contributed by atoms with Crippen molar-refractivity contribution in [3.05, 3.63) is 48.6 Å². The van der Waals surface area contributed by atoms with E-state index in [-0.39, 0.29) is 42.1 Å². The van der Waals surface area contributed by atoms with Gasteiger partial charge in [0.1, 0.15) is 0 Å². The summed E-state index contributed by atoms with van der Waals surface area (Å²) in [6, 6.07) is 0. The molecule has 0 bridgehead atoms. The molecule has 0 unspecified atom stereocenters. The predicted octanol–water partition coefficient (Wildman–Crippen LogP) is 2.97. The van der Waals surface area contributed by atoms with Gasteiger partial charge in [0, 0.05) is 27.7 Å². The summed E-state index contributed by atoms with van der Waals surface area (Å²) in [6.07, 6.45) is -3.87. The van der Waals surface area contributed by atoms with Crippen LogP contribution in [0.1, 0.15) is 41.0 Å². The first kappa shape index (κ1) is 44.5. The fourth-order valence-corrected chi connectivity index (χ4v) is 0.756. The minimum absolute atomic E-state index is 0.0470. The fourth-order valence-electron chi connectivity index (χ4n) is 0.756. The standard InChI is InChI=1S/C6H7F3O2.C6H14O3.3C4H6O2/c1-4(2)5(10)11-3-6(7,8)9;1-2-6(3-7,4-8)5-9;3*1-3(2)4(5)6/h1,3H2,2H3;7-9H,2-5H2,1H3;3*1H2,2H3,(H,5,6). The summed E-state index contributed by atoms with van der Waals surface area (Å²) >= 11 is 0. The van der Waals surface area contributed by atoms with Crippen LogP contribution in [-0.4, -0.2) is 87.1 Å². The highest BCUT2D eigenvalue weighted by atomic mass is 19.4. The number of carbonyl (C=O) groups excluding carboxylic acids is 1. The van der Waals surface area contributed by atoms with Crippen molar-refractivity contribution in [2.75, 3.05) is 26.4 Å². The lowest BCUT2D eigenvalue weighted by Gasteiger charge is -2.24. The molecule has 0 aromatic rings. The number of hydrogen-bond donors (Lipinski definition) is 6. The molecule has 0 radical (unpaired) electrons. The zero-order valence-electron chi connectivity index (χ0n) is 22.2. The Balaban J connectivity index is -0.000000123. The van der Waals surface area contributed by atoms with Crippen LogP contribution in [0.15, 0.2) is 48.6 Å². The van der Waals surface area contributed by atoms with E-state index in [4.69, 9.17) is 30.6 Å². The molecule has 222 valence electrons. The summed E-state index contributed by atoms with van der Waals surface area (Å²) in [4.78, 5) is 39.2. The highest BCUT2D eigenvalue weighted by Gasteiger charge is 2.29. The number of halogens is 3. The molecule has 0 aliphatic carbocycles. The van der Waals surface area contributed by atoms with Crippen molar-refractivity contribution in [3.63, 3.8) is 0 Å². The van der Waals surface area contributed by atoms with E-state index >= 15 is 0 Å². The van der Waals surface area contributed by atoms with Gasteiger partial charge in [-0.2, -0.15) is 13.2 Å². The normalized spacial score (nSPS) is 9.55. The Hall–Kier alpha value is -3.49. The van der Waals surface area contributed by atoms with E-state index in [9.17, 15) is 32.3 Å². The molecule has 0 heterocycles. The minimum atomic E-state index is -4.47. The monoisotopic (exact) mass is 560 g/mol. The Kier molecular flexibility index (Phi) is 28.0. The van der Waals surface area contributed by atoms with Gasteiger partial charge in [0.2, 0.25) is 0 Å². The second kappa shape index (κ2) is 23.9. The summed E-state index contributed by atoms with van der Waals surface area (Å²) < 4.78 is 37.9. The van der Waals surface area contributed by atoms with Gasteiger partial charge in [0.15, 0.2) is 6.61 Å². The van der Waals surface area contributed by atoms with Crippen LogP contribution < -0.4 is 0 Å². The number of ether oxygens (including phenoxy) is 1. The first-order valence-electron chi connectivity index (χ1n) is 10.4. The van der Waals surface area contributed by atoms with Crippen LogP contribution in [0.4, 0.5) is 13.2 Å². The van der Waals surface area contributed by atoms with Gasteiger partial charge in [0.25, 0.3) is 0 Å². The van der Waals surface area contributed by atoms with E-state index < -0.39 is 42.1 Å². The number of hydrogen-bond acceptors (Lipinski definition) is 8. The van der Waals surface area contributed by atoms with Crippen LogP contribution in [0.3, 0.4) is 0 Å². The van der Waals surface area contributed by atoms with Gasteiger partial charge in [0.05, 0.1) is 19.8 Å². The third kappa shape index (κ3) is 34.7. The van der Waals surface area contributed by atoms with Gasteiger partial charge in [-0.3, -0.25) is 0 Å². The van der Waals surface area contributed by atoms with Crippen molar-refractivity contribution >= 4 is 23.9 Å². The SMILES string of the molecule is C=C(C)C(=O)O.C=C(C)C(=O)O.C=C(C)C(=O)O.C=C(C)C(=O)OCC(F)(F)F.CCC(CO)(CO)CO. The number of aliphatic hydroxyl groups is 3. The number of aliphatic hydroxyl groups excluding tert-OH is 3. The quantitative estimate of drug-likeness (QED) is 0.179. The maximum absolute atomic E-state index is 11.4. The van der Waals surface area contributed by atoms with E-state index in [1.54, 1.807) is 0 Å². The fraction of sp³-hybridized carbons (Fsp3) is 0.500. The lowest BCUT2D eigenvalue weighted by atomic mass is 9.88. The zero-order chi connectivity index (χ0) is 31.9. The van der Waals surface area contributed by atoms with Crippen LogP contribution in [0.25, 0.3) is 0 Å². The maximum atomic E-state index is 11.4. The molecular formula is C24H39F3O11. The van der Waals surface area contributed by atoms with Gasteiger partial charge < -0.3 is 35.4 Å². The van der Waals surface area contributed by atoms with E-state index in [1.807, 2.05) is 6.92 Å². The summed E-state index contributed by atoms with van der Waals surface area (Å²) in [5.74, 6) is -3.83. The third-order valence-corrected chi connectivity index (χ3v) is 3.57. The molecule has 0 atom stereocenters. The van der Waals surface area contributed by atoms with Crippen molar-refractivity contribution in [2.45, 2.75) is 47.2 Å². The number of rotatable bonds is 9. The van der Waals surface area contributed by atoms with Gasteiger partial charge in [-0.05, 0) is 34.1 Å². The van der Waals surface area contributed by atoms with E-state index in [1.165, 1.54) is 27.7 Å². The van der Waals surface area contributed by atoms with Gasteiger partial charge in [-0.1, -0.05) is 33.2 Å². The van der Waals surface area contributed by atoms with Crippen molar-refractivity contribution in [3.8, 4) is 0 Å². The van der Waals surface area contributed by atoms with Gasteiger partial charge in [-0.25, -0.2) is 19.2 Å². The smallest absolute Gasteiger partial charge is 0.422 e. The van der Waals surface area contributed by atoms with Crippen LogP contribution in [-0.2, 0) is 23.9 Å². The van der Waals surface area contributed by atoms with Crippen LogP contribution in [0.5, 0.6) is 0 Å². The van der Waals surface area contributed by atoms with E-state index in [0.29, 0.717) is 6.42 Å². The average Bonchev–Trinajstić information content (AvgIpc) is 2.80. The lowest BCUT2D eigenvalue weighted by Crippen LogP contribution is -2.32. The maximum Gasteiger partial charge on any atom is 0.422 e. The Morgan fingerprint density at radius 2 is 0.895 bits per heavy atom. The number of carboxylic acids is 3. The minimum Gasteiger partial charge on any atom is -0.478 e. The first-order valence-corrected chi connectivity index (χ1v) is 10.4. The second-order valence-electron chi connectivity index (χ2n) is 7.56. The van der Waals surface area contributed by atoms with Gasteiger partial charge in [-0.15, -0.1) is 0 Å². The second-order valence-corrected chi connectivity index (χ2v) is 7.56. The number of esters is 1. The number of carbonyl (C=O) groups is 4. The number of aliphatic carboxylic acids is 3. The molecule has 0 saturated carbocycles. The van der Waals surface area contributed by atoms with Gasteiger partial charge >= 0.3 is 30.1 Å². The Bertz CT molecular complexity index is 686. The molecule has 0 fully saturated rings. The molecule has 0 aliphatic heterocycles. The van der Waals surface area contributed by atoms with E-state index in [2.05, 4.69) is 31.1 Å². The molecule has 0 rings (SSSR count). The average molecular weight is 561 g/mol. The molecule has 14 heteroatoms. The highest BCUT2D eigenvalue weighted by molar-refractivity contribution is 5.87. The van der Waals surface area contributed by atoms with Crippen LogP contribution in [0, 0.1) is 5.41 Å². The topological polar surface area (TPSA) is 199 Å². The number of carboxylic acid groups (broad SMARTS) is 3. The molecule has 0 aromatic heterocycles. The molecule has 11 nitrogen and oxygen atoms in total. The lowest BCUT2D eigenvalue weighted by molar-refractivity contribution is -0.183. The molecule has 0 spiro atoms. The Labute approximate surface area is 219 Å². The first-order chi connectivity index (χ1) is 17.0. The van der Waals surface area contributed by atoms with Crippen molar-refractivity contribution in [1.29, 1.82) is 0 Å². The zero-order valence-corrected chi connectivity index (χ0v) is 22.2. The largest absolute Gasteiger partial charge is 0.478 e. The summed E-state index contributed by atoms with van der Waals surface area (Å²) in [6.45, 7) is 18.0. The Morgan fingerprint density at radius 3 is 0.974 bits per heavy atom. The van der Waals surface area contributed by atoms with Crippen molar-refractivity contribution < 1.29 is 67.7 Å². The molecule has 38 heavy (non-hydrogen) atoms. The summed E-state index contributed by atoms with van der Waals surface area (Å²) in [5.41, 5.74) is -0.186. The predicted molar refractivity (Wildman–Crippen MR) is 133 cm³/mol. The van der Waals surface area contributed by atoms with E-state index in [0.717, 1.165) is 0 Å². The molecule has 0 aromatic carbocycles. The van der Waals surface area contributed by atoms with Crippen molar-refractivity contribution in [1.82, 2.24) is 0 Å². The highest BCUT2D eigenvalue weighted by Crippen LogP contribution is 2.18. The summed E-state index contributed by atoms with van der Waals surface area (Å²) in [7, 11) is 0. The van der Waals surface area contributed by atoms with Crippen LogP contribution >= 0.6 is 0 Å². The molecule has 0 saturated heterocycles. The third-order valence-electron chi connectivity index (χ3n) is 3.57. The van der Waals surface area contributed by atoms with Crippen molar-refractivity contribution in [2.24, 2.45) is 5.41 Å². The molecule has 0 aliphatic rings. The molecule has 0 amide bonds. The number of alkyl halides is 3. The summed E-state index contributed by atoms with van der Waals surface area (Å²) in [5, 5.41) is 49.6. The Morgan fingerprint density at radius 1 is 0.658 bits per heavy atom. The molecule has 6 N–H and O–H groups in total. The molecular weight excluding hydrogens is 521 g/mol. The van der Waals surface area contributed by atoms with Crippen LogP contribution in [0.2, 0.25) is 0 Å².